The predicted octanol–water partition coefficient (Wildman–Crippen LogP) is 3.33. The van der Waals surface area contributed by atoms with Crippen molar-refractivity contribution in [3.8, 4) is 0 Å². The summed E-state index contributed by atoms with van der Waals surface area (Å²) in [6.07, 6.45) is 6.70. The molecule has 108 valence electrons. The van der Waals surface area contributed by atoms with E-state index in [-0.39, 0.29) is 5.91 Å². The Bertz CT molecular complexity index is 832. The minimum absolute atomic E-state index is 0.264. The third-order valence-corrected chi connectivity index (χ3v) is 3.23. The zero-order valence-corrected chi connectivity index (χ0v) is 11.9. The molecule has 4 nitrogen and oxygen atoms in total. The fourth-order valence-electron chi connectivity index (χ4n) is 2.14. The number of nitrogens with zero attached hydrogens (tertiary/aromatic N) is 1. The van der Waals surface area contributed by atoms with Crippen LogP contribution in [0.25, 0.3) is 17.0 Å². The van der Waals surface area contributed by atoms with Crippen molar-refractivity contribution in [1.82, 2.24) is 10.4 Å². The van der Waals surface area contributed by atoms with Gasteiger partial charge in [-0.3, -0.25) is 4.79 Å². The van der Waals surface area contributed by atoms with Crippen LogP contribution in [0.3, 0.4) is 0 Å². The van der Waals surface area contributed by atoms with E-state index in [1.54, 1.807) is 12.3 Å². The number of benzene rings is 2. The lowest BCUT2D eigenvalue weighted by Crippen LogP contribution is -2.13. The third-order valence-electron chi connectivity index (χ3n) is 3.23. The molecule has 3 rings (SSSR count). The van der Waals surface area contributed by atoms with Gasteiger partial charge in [0.2, 0.25) is 0 Å². The second kappa shape index (κ2) is 6.54. The molecule has 1 aromatic heterocycles. The zero-order valence-electron chi connectivity index (χ0n) is 11.9. The number of aromatic amines is 1. The van der Waals surface area contributed by atoms with Gasteiger partial charge in [-0.05, 0) is 17.7 Å². The average molecular weight is 289 g/mol. The van der Waals surface area contributed by atoms with Gasteiger partial charge in [0.25, 0.3) is 5.91 Å². The molecule has 0 aliphatic rings. The molecule has 0 atom stereocenters. The van der Waals surface area contributed by atoms with Gasteiger partial charge in [-0.25, -0.2) is 5.43 Å². The normalized spacial score (nSPS) is 11.5. The van der Waals surface area contributed by atoms with E-state index in [0.717, 1.165) is 22.0 Å². The molecule has 0 spiro atoms. The molecule has 3 aromatic rings. The van der Waals surface area contributed by atoms with Crippen molar-refractivity contribution in [2.24, 2.45) is 5.10 Å². The Morgan fingerprint density at radius 2 is 1.82 bits per heavy atom. The molecule has 0 bridgehead atoms. The lowest BCUT2D eigenvalue weighted by Gasteiger charge is -1.94. The van der Waals surface area contributed by atoms with E-state index in [1.807, 2.05) is 60.8 Å². The first-order valence-corrected chi connectivity index (χ1v) is 6.95. The van der Waals surface area contributed by atoms with Crippen LogP contribution >= 0.6 is 0 Å². The van der Waals surface area contributed by atoms with Crippen molar-refractivity contribution < 1.29 is 4.79 Å². The Morgan fingerprint density at radius 3 is 2.68 bits per heavy atom. The maximum atomic E-state index is 11.7. The SMILES string of the molecule is O=C(/C=C/c1ccccc1)N/N=C/c1c[nH]c2ccccc12. The van der Waals surface area contributed by atoms with Crippen molar-refractivity contribution in [1.29, 1.82) is 0 Å². The first-order valence-electron chi connectivity index (χ1n) is 6.95. The Morgan fingerprint density at radius 1 is 1.05 bits per heavy atom. The molecular formula is C18H15N3O. The lowest BCUT2D eigenvalue weighted by atomic mass is 10.2. The topological polar surface area (TPSA) is 57.2 Å². The molecule has 1 heterocycles. The maximum Gasteiger partial charge on any atom is 0.264 e. The highest BCUT2D eigenvalue weighted by molar-refractivity contribution is 5.99. The van der Waals surface area contributed by atoms with Gasteiger partial charge in [0.15, 0.2) is 0 Å². The van der Waals surface area contributed by atoms with Crippen LogP contribution in [0, 0.1) is 0 Å². The summed E-state index contributed by atoms with van der Waals surface area (Å²) in [6.45, 7) is 0. The number of H-pyrrole nitrogens is 1. The second-order valence-electron chi connectivity index (χ2n) is 4.77. The summed E-state index contributed by atoms with van der Waals surface area (Å²) < 4.78 is 0. The Hall–Kier alpha value is -3.14. The highest BCUT2D eigenvalue weighted by atomic mass is 16.2. The fraction of sp³-hybridized carbons (Fsp3) is 0. The molecule has 22 heavy (non-hydrogen) atoms. The summed E-state index contributed by atoms with van der Waals surface area (Å²) in [5.41, 5.74) is 5.43. The van der Waals surface area contributed by atoms with Gasteiger partial charge in [0.1, 0.15) is 0 Å². The van der Waals surface area contributed by atoms with Crippen LogP contribution in [0.5, 0.6) is 0 Å². The number of carbonyl (C=O) groups is 1. The lowest BCUT2D eigenvalue weighted by molar-refractivity contribution is -0.116. The fourth-order valence-corrected chi connectivity index (χ4v) is 2.14. The summed E-state index contributed by atoms with van der Waals surface area (Å²) in [5.74, 6) is -0.264. The number of para-hydroxylation sites is 1. The minimum atomic E-state index is -0.264. The molecule has 1 amide bonds. The monoisotopic (exact) mass is 289 g/mol. The number of amides is 1. The summed E-state index contributed by atoms with van der Waals surface area (Å²) in [4.78, 5) is 14.8. The third kappa shape index (κ3) is 3.30. The molecule has 0 saturated heterocycles. The predicted molar refractivity (Wildman–Crippen MR) is 89.5 cm³/mol. The Labute approximate surface area is 128 Å². The van der Waals surface area contributed by atoms with Crippen molar-refractivity contribution >= 4 is 29.1 Å². The zero-order chi connectivity index (χ0) is 15.2. The highest BCUT2D eigenvalue weighted by Gasteiger charge is 1.99. The van der Waals surface area contributed by atoms with Gasteiger partial charge in [-0.1, -0.05) is 48.5 Å². The molecule has 0 radical (unpaired) electrons. The smallest absolute Gasteiger partial charge is 0.264 e. The summed E-state index contributed by atoms with van der Waals surface area (Å²) in [5, 5.41) is 5.05. The molecule has 4 heteroatoms. The first kappa shape index (κ1) is 13.8. The van der Waals surface area contributed by atoms with Crippen molar-refractivity contribution in [2.45, 2.75) is 0 Å². The number of fused-ring (bicyclic) bond motifs is 1. The number of hydrazone groups is 1. The molecule has 2 N–H and O–H groups in total. The number of carbonyl (C=O) groups excluding carboxylic acids is 1. The van der Waals surface area contributed by atoms with Gasteiger partial charge in [-0.2, -0.15) is 5.10 Å². The average Bonchev–Trinajstić information content (AvgIpc) is 2.97. The number of aromatic nitrogens is 1. The molecular weight excluding hydrogens is 274 g/mol. The highest BCUT2D eigenvalue weighted by Crippen LogP contribution is 2.15. The van der Waals surface area contributed by atoms with Crippen molar-refractivity contribution in [3.63, 3.8) is 0 Å². The number of hydrogen-bond donors (Lipinski definition) is 2. The van der Waals surface area contributed by atoms with Crippen LogP contribution in [0.4, 0.5) is 0 Å². The Balaban J connectivity index is 1.62. The maximum absolute atomic E-state index is 11.7. The number of hydrogen-bond acceptors (Lipinski definition) is 2. The van der Waals surface area contributed by atoms with Crippen molar-refractivity contribution in [3.05, 3.63) is 78.0 Å². The van der Waals surface area contributed by atoms with Gasteiger partial charge in [0, 0.05) is 28.7 Å². The van der Waals surface area contributed by atoms with E-state index >= 15 is 0 Å². The molecule has 0 aliphatic carbocycles. The summed E-state index contributed by atoms with van der Waals surface area (Å²) in [6, 6.07) is 17.6. The summed E-state index contributed by atoms with van der Waals surface area (Å²) in [7, 11) is 0. The largest absolute Gasteiger partial charge is 0.361 e. The number of nitrogens with one attached hydrogen (secondary N) is 2. The Kier molecular flexibility index (Phi) is 4.11. The first-order chi connectivity index (χ1) is 10.8. The van der Waals surface area contributed by atoms with Gasteiger partial charge in [0.05, 0.1) is 6.21 Å². The molecule has 2 aromatic carbocycles. The molecule has 0 fully saturated rings. The van der Waals surface area contributed by atoms with E-state index < -0.39 is 0 Å². The van der Waals surface area contributed by atoms with Crippen molar-refractivity contribution in [2.75, 3.05) is 0 Å². The quantitative estimate of drug-likeness (QED) is 0.432. The van der Waals surface area contributed by atoms with E-state index in [4.69, 9.17) is 0 Å². The van der Waals surface area contributed by atoms with E-state index in [0.29, 0.717) is 0 Å². The van der Waals surface area contributed by atoms with Crippen LogP contribution in [-0.2, 0) is 4.79 Å². The van der Waals surface area contributed by atoms with E-state index in [9.17, 15) is 4.79 Å². The van der Waals surface area contributed by atoms with Gasteiger partial charge >= 0.3 is 0 Å². The van der Waals surface area contributed by atoms with Crippen LogP contribution < -0.4 is 5.43 Å². The van der Waals surface area contributed by atoms with Gasteiger partial charge in [-0.15, -0.1) is 0 Å². The standard InChI is InChI=1S/C18H15N3O/c22-18(11-10-14-6-2-1-3-7-14)21-20-13-15-12-19-17-9-5-4-8-16(15)17/h1-13,19H,(H,21,22)/b11-10+,20-13+. The van der Waals surface area contributed by atoms with Crippen LogP contribution in [-0.4, -0.2) is 17.1 Å². The van der Waals surface area contributed by atoms with Gasteiger partial charge < -0.3 is 4.98 Å². The van der Waals surface area contributed by atoms with E-state index in [2.05, 4.69) is 15.5 Å². The van der Waals surface area contributed by atoms with Crippen LogP contribution in [0.2, 0.25) is 0 Å². The second-order valence-corrected chi connectivity index (χ2v) is 4.77. The van der Waals surface area contributed by atoms with Crippen LogP contribution in [0.15, 0.2) is 72.0 Å². The molecule has 0 saturated carbocycles. The minimum Gasteiger partial charge on any atom is -0.361 e. The number of rotatable bonds is 4. The molecule has 0 aliphatic heterocycles. The van der Waals surface area contributed by atoms with Crippen LogP contribution in [0.1, 0.15) is 11.1 Å². The summed E-state index contributed by atoms with van der Waals surface area (Å²) >= 11 is 0. The van der Waals surface area contributed by atoms with E-state index in [1.165, 1.54) is 6.08 Å². The molecule has 0 unspecified atom stereocenters.